The van der Waals surface area contributed by atoms with Gasteiger partial charge in [0, 0.05) is 0 Å². The molecule has 0 N–H and O–H groups in total. The highest BCUT2D eigenvalue weighted by molar-refractivity contribution is 6.00. The highest BCUT2D eigenvalue weighted by atomic mass is 16.6. The summed E-state index contributed by atoms with van der Waals surface area (Å²) in [5.74, 6) is -0.721. The Hall–Kier alpha value is -1.12. The fourth-order valence-corrected chi connectivity index (χ4v) is 3.05. The van der Waals surface area contributed by atoms with E-state index in [-0.39, 0.29) is 23.8 Å². The van der Waals surface area contributed by atoms with Crippen molar-refractivity contribution in [2.24, 2.45) is 17.3 Å². The summed E-state index contributed by atoms with van der Waals surface area (Å²) >= 11 is 0. The molecule has 1 fully saturated rings. The molecule has 2 aliphatic rings. The minimum absolute atomic E-state index is 0.179. The number of ether oxygens (including phenoxy) is 1. The molecule has 1 heterocycles. The van der Waals surface area contributed by atoms with Crippen molar-refractivity contribution in [2.45, 2.75) is 39.5 Å². The van der Waals surface area contributed by atoms with Gasteiger partial charge in [-0.2, -0.15) is 0 Å². The normalized spacial score (nSPS) is 34.8. The zero-order chi connectivity index (χ0) is 11.8. The predicted octanol–water partition coefficient (Wildman–Crippen LogP) is 2.46. The lowest BCUT2D eigenvalue weighted by atomic mass is 9.63. The maximum absolute atomic E-state index is 12.0. The van der Waals surface area contributed by atoms with Crippen LogP contribution in [0.1, 0.15) is 39.5 Å². The number of hydrogen-bond donors (Lipinski definition) is 0. The molecule has 0 spiro atoms. The molecule has 0 amide bonds. The van der Waals surface area contributed by atoms with Crippen LogP contribution in [0.5, 0.6) is 0 Å². The number of rotatable bonds is 3. The minimum Gasteiger partial charge on any atom is -0.392 e. The molecule has 3 atom stereocenters. The average Bonchev–Trinajstić information content (AvgIpc) is 2.53. The lowest BCUT2D eigenvalue weighted by Crippen LogP contribution is -2.39. The van der Waals surface area contributed by atoms with E-state index in [4.69, 9.17) is 4.74 Å². The Morgan fingerprint density at radius 1 is 1.56 bits per heavy atom. The molecule has 0 aromatic carbocycles. The van der Waals surface area contributed by atoms with Crippen molar-refractivity contribution in [3.8, 4) is 0 Å². The van der Waals surface area contributed by atoms with Crippen molar-refractivity contribution < 1.29 is 14.3 Å². The van der Waals surface area contributed by atoms with Gasteiger partial charge in [0.1, 0.15) is 5.41 Å². The van der Waals surface area contributed by atoms with Crippen molar-refractivity contribution >= 4 is 11.9 Å². The zero-order valence-electron chi connectivity index (χ0n) is 9.86. The second-order valence-electron chi connectivity index (χ2n) is 4.86. The Balaban J connectivity index is 2.39. The summed E-state index contributed by atoms with van der Waals surface area (Å²) in [6.07, 6.45) is 7.52. The van der Waals surface area contributed by atoms with E-state index < -0.39 is 5.41 Å². The van der Waals surface area contributed by atoms with Crippen LogP contribution < -0.4 is 0 Å². The van der Waals surface area contributed by atoms with Gasteiger partial charge in [0.15, 0.2) is 0 Å². The molecule has 1 saturated heterocycles. The Morgan fingerprint density at radius 2 is 2.31 bits per heavy atom. The van der Waals surface area contributed by atoms with Crippen LogP contribution in [0.4, 0.5) is 0 Å². The third-order valence-corrected chi connectivity index (χ3v) is 3.96. The molecule has 3 unspecified atom stereocenters. The van der Waals surface area contributed by atoms with Gasteiger partial charge in [-0.05, 0) is 25.2 Å². The number of allylic oxidation sites excluding steroid dienone is 1. The third kappa shape index (κ3) is 1.41. The van der Waals surface area contributed by atoms with E-state index >= 15 is 0 Å². The van der Waals surface area contributed by atoms with Gasteiger partial charge in [-0.1, -0.05) is 32.4 Å². The Morgan fingerprint density at radius 3 is 3.00 bits per heavy atom. The van der Waals surface area contributed by atoms with Crippen LogP contribution in [0, 0.1) is 17.3 Å². The van der Waals surface area contributed by atoms with Crippen molar-refractivity contribution in [1.82, 2.24) is 0 Å². The maximum Gasteiger partial charge on any atom is 0.324 e. The van der Waals surface area contributed by atoms with Gasteiger partial charge in [-0.25, -0.2) is 0 Å². The molecule has 2 rings (SSSR count). The van der Waals surface area contributed by atoms with Crippen molar-refractivity contribution in [3.05, 3.63) is 12.2 Å². The first-order valence-electron chi connectivity index (χ1n) is 6.06. The standard InChI is InChI=1S/C13H18O3/c1-3-6-9(2)13-8-5-4-7-10(13)11(14)16-12(13)15/h5,8-10H,3-4,6-7H2,1-2H3. The van der Waals surface area contributed by atoms with Gasteiger partial charge in [0.25, 0.3) is 0 Å². The number of carbonyl (C=O) groups excluding carboxylic acids is 2. The molecule has 0 bridgehead atoms. The van der Waals surface area contributed by atoms with E-state index in [1.165, 1.54) is 0 Å². The third-order valence-electron chi connectivity index (χ3n) is 3.96. The largest absolute Gasteiger partial charge is 0.392 e. The molecular weight excluding hydrogens is 204 g/mol. The first kappa shape index (κ1) is 11.4. The first-order valence-corrected chi connectivity index (χ1v) is 6.06. The van der Waals surface area contributed by atoms with Crippen molar-refractivity contribution in [2.75, 3.05) is 0 Å². The molecule has 1 aliphatic heterocycles. The van der Waals surface area contributed by atoms with Gasteiger partial charge >= 0.3 is 11.9 Å². The Bertz CT molecular complexity index is 345. The summed E-state index contributed by atoms with van der Waals surface area (Å²) < 4.78 is 4.85. The summed E-state index contributed by atoms with van der Waals surface area (Å²) in [6, 6.07) is 0. The molecular formula is C13H18O3. The number of hydrogen-bond acceptors (Lipinski definition) is 3. The van der Waals surface area contributed by atoms with Crippen LogP contribution in [0.2, 0.25) is 0 Å². The van der Waals surface area contributed by atoms with E-state index in [0.717, 1.165) is 25.7 Å². The quantitative estimate of drug-likeness (QED) is 0.418. The van der Waals surface area contributed by atoms with Gasteiger partial charge in [0.2, 0.25) is 0 Å². The number of cyclic esters (lactones) is 2. The maximum atomic E-state index is 12.0. The van der Waals surface area contributed by atoms with E-state index in [1.807, 2.05) is 19.1 Å². The van der Waals surface area contributed by atoms with E-state index in [0.29, 0.717) is 0 Å². The average molecular weight is 222 g/mol. The number of fused-ring (bicyclic) bond motifs is 1. The highest BCUT2D eigenvalue weighted by Crippen LogP contribution is 2.50. The van der Waals surface area contributed by atoms with Crippen LogP contribution in [0.15, 0.2) is 12.2 Å². The lowest BCUT2D eigenvalue weighted by molar-refractivity contribution is -0.155. The second kappa shape index (κ2) is 4.04. The van der Waals surface area contributed by atoms with Gasteiger partial charge in [-0.3, -0.25) is 9.59 Å². The molecule has 0 aromatic heterocycles. The molecule has 0 radical (unpaired) electrons. The molecule has 3 nitrogen and oxygen atoms in total. The molecule has 3 heteroatoms. The van der Waals surface area contributed by atoms with E-state index in [9.17, 15) is 9.59 Å². The number of carbonyl (C=O) groups is 2. The SMILES string of the molecule is CCCC(C)C12C=CCCC1C(=O)OC2=O. The molecule has 88 valence electrons. The summed E-state index contributed by atoms with van der Waals surface area (Å²) in [7, 11) is 0. The fourth-order valence-electron chi connectivity index (χ4n) is 3.05. The van der Waals surface area contributed by atoms with E-state index in [2.05, 4.69) is 6.92 Å². The van der Waals surface area contributed by atoms with Crippen LogP contribution >= 0.6 is 0 Å². The molecule has 0 saturated carbocycles. The van der Waals surface area contributed by atoms with Crippen LogP contribution in [0.25, 0.3) is 0 Å². The van der Waals surface area contributed by atoms with Crippen LogP contribution in [0.3, 0.4) is 0 Å². The topological polar surface area (TPSA) is 43.4 Å². The van der Waals surface area contributed by atoms with Gasteiger partial charge in [-0.15, -0.1) is 0 Å². The minimum atomic E-state index is -0.661. The van der Waals surface area contributed by atoms with Gasteiger partial charge < -0.3 is 4.74 Å². The monoisotopic (exact) mass is 222 g/mol. The first-order chi connectivity index (χ1) is 7.63. The summed E-state index contributed by atoms with van der Waals surface area (Å²) in [6.45, 7) is 4.14. The molecule has 0 aromatic rings. The summed E-state index contributed by atoms with van der Waals surface area (Å²) in [5.41, 5.74) is -0.661. The molecule has 16 heavy (non-hydrogen) atoms. The smallest absolute Gasteiger partial charge is 0.324 e. The van der Waals surface area contributed by atoms with Crippen molar-refractivity contribution in [1.29, 1.82) is 0 Å². The second-order valence-corrected chi connectivity index (χ2v) is 4.86. The highest BCUT2D eigenvalue weighted by Gasteiger charge is 2.58. The zero-order valence-corrected chi connectivity index (χ0v) is 9.86. The lowest BCUT2D eigenvalue weighted by Gasteiger charge is -2.34. The number of esters is 2. The van der Waals surface area contributed by atoms with E-state index in [1.54, 1.807) is 0 Å². The predicted molar refractivity (Wildman–Crippen MR) is 59.5 cm³/mol. The fraction of sp³-hybridized carbons (Fsp3) is 0.692. The van der Waals surface area contributed by atoms with Crippen LogP contribution in [-0.2, 0) is 14.3 Å². The molecule has 1 aliphatic carbocycles. The van der Waals surface area contributed by atoms with Crippen molar-refractivity contribution in [3.63, 3.8) is 0 Å². The summed E-state index contributed by atoms with van der Waals surface area (Å²) in [4.78, 5) is 23.6. The Kier molecular flexibility index (Phi) is 2.87. The van der Waals surface area contributed by atoms with Gasteiger partial charge in [0.05, 0.1) is 5.92 Å². The summed E-state index contributed by atoms with van der Waals surface area (Å²) in [5, 5.41) is 0. The van der Waals surface area contributed by atoms with Crippen LogP contribution in [-0.4, -0.2) is 11.9 Å². The Labute approximate surface area is 95.9 Å².